The number of β-amino-alcohol motifs (C(OH)–C–C–N with tert-alkyl or cyclic N) is 1. The number of aliphatic hydroxyl groups is 1. The number of rotatable bonds is 8. The van der Waals surface area contributed by atoms with Gasteiger partial charge in [0.1, 0.15) is 0 Å². The van der Waals surface area contributed by atoms with E-state index >= 15 is 0 Å². The minimum atomic E-state index is -0.568. The van der Waals surface area contributed by atoms with E-state index in [-0.39, 0.29) is 23.8 Å². The summed E-state index contributed by atoms with van der Waals surface area (Å²) >= 11 is 0. The summed E-state index contributed by atoms with van der Waals surface area (Å²) in [6.07, 6.45) is 5.36. The van der Waals surface area contributed by atoms with E-state index in [2.05, 4.69) is 47.1 Å². The van der Waals surface area contributed by atoms with Gasteiger partial charge in [0.25, 0.3) is 5.91 Å². The fraction of sp³-hybridized carbons (Fsp3) is 0.600. The predicted molar refractivity (Wildman–Crippen MR) is 147 cm³/mol. The van der Waals surface area contributed by atoms with Gasteiger partial charge in [0.15, 0.2) is 0 Å². The lowest BCUT2D eigenvalue weighted by atomic mass is 9.98. The largest absolute Gasteiger partial charge is 0.390 e. The van der Waals surface area contributed by atoms with Crippen molar-refractivity contribution in [1.29, 1.82) is 0 Å². The van der Waals surface area contributed by atoms with Gasteiger partial charge in [0.2, 0.25) is 5.91 Å². The van der Waals surface area contributed by atoms with Crippen molar-refractivity contribution in [3.05, 3.63) is 58.7 Å². The van der Waals surface area contributed by atoms with Gasteiger partial charge in [-0.15, -0.1) is 0 Å². The zero-order chi connectivity index (χ0) is 26.5. The second-order valence-corrected chi connectivity index (χ2v) is 11.2. The Morgan fingerprint density at radius 3 is 2.38 bits per heavy atom. The fourth-order valence-electron chi connectivity index (χ4n) is 5.67. The number of nitrogens with zero attached hydrogens (tertiary/aromatic N) is 4. The van der Waals surface area contributed by atoms with Crippen molar-refractivity contribution in [2.75, 3.05) is 52.4 Å². The Kier molecular flexibility index (Phi) is 9.22. The molecule has 2 atom stereocenters. The topological polar surface area (TPSA) is 67.3 Å². The summed E-state index contributed by atoms with van der Waals surface area (Å²) in [7, 11) is 0. The molecule has 1 N–H and O–H groups in total. The van der Waals surface area contributed by atoms with Crippen LogP contribution in [0.4, 0.5) is 0 Å². The summed E-state index contributed by atoms with van der Waals surface area (Å²) < 4.78 is 0. The monoisotopic (exact) mass is 508 g/mol. The van der Waals surface area contributed by atoms with Gasteiger partial charge in [0.05, 0.1) is 6.10 Å². The van der Waals surface area contributed by atoms with Crippen molar-refractivity contribution >= 4 is 11.8 Å². The normalized spacial score (nSPS) is 21.6. The van der Waals surface area contributed by atoms with Crippen molar-refractivity contribution in [3.8, 4) is 0 Å². The van der Waals surface area contributed by atoms with Crippen LogP contribution in [0.2, 0.25) is 0 Å². The minimum absolute atomic E-state index is 0.0163. The molecule has 0 aliphatic carbocycles. The maximum absolute atomic E-state index is 13.3. The molecule has 2 amide bonds. The molecule has 1 unspecified atom stereocenters. The molecule has 0 aromatic heterocycles. The maximum atomic E-state index is 13.3. The molecule has 0 radical (unpaired) electrons. The highest BCUT2D eigenvalue weighted by molar-refractivity contribution is 5.97. The van der Waals surface area contributed by atoms with Crippen molar-refractivity contribution in [2.45, 2.75) is 59.2 Å². The van der Waals surface area contributed by atoms with Gasteiger partial charge in [-0.3, -0.25) is 19.4 Å². The van der Waals surface area contributed by atoms with Crippen molar-refractivity contribution in [3.63, 3.8) is 0 Å². The van der Waals surface area contributed by atoms with Crippen LogP contribution in [0.1, 0.15) is 45.2 Å². The van der Waals surface area contributed by atoms with Crippen LogP contribution in [0, 0.1) is 5.92 Å². The second kappa shape index (κ2) is 12.4. The predicted octanol–water partition coefficient (Wildman–Crippen LogP) is 2.70. The van der Waals surface area contributed by atoms with Gasteiger partial charge in [-0.05, 0) is 37.8 Å². The molecule has 7 nitrogen and oxygen atoms in total. The van der Waals surface area contributed by atoms with E-state index in [0.717, 1.165) is 63.3 Å². The summed E-state index contributed by atoms with van der Waals surface area (Å²) in [6.45, 7) is 14.7. The van der Waals surface area contributed by atoms with Gasteiger partial charge in [0, 0.05) is 76.4 Å². The SMILES string of the molecule is CC1=C(/C=C\C(C)N2CCN(C(=O)C(C)C)CC2)C(=O)N(C[C@H](O)CN2CCc3ccccc3C2)CC1. The number of carbonyl (C=O) groups excluding carboxylic acids is 2. The number of aliphatic hydroxyl groups excluding tert-OH is 1. The molecule has 1 fully saturated rings. The first-order valence-electron chi connectivity index (χ1n) is 13.9. The molecule has 4 rings (SSSR count). The zero-order valence-electron chi connectivity index (χ0n) is 23.0. The molecule has 0 spiro atoms. The van der Waals surface area contributed by atoms with Crippen LogP contribution in [0.3, 0.4) is 0 Å². The molecule has 1 saturated heterocycles. The number of hydrogen-bond donors (Lipinski definition) is 1. The molecule has 3 aliphatic rings. The van der Waals surface area contributed by atoms with E-state index in [0.29, 0.717) is 19.6 Å². The number of fused-ring (bicyclic) bond motifs is 1. The second-order valence-electron chi connectivity index (χ2n) is 11.2. The molecule has 37 heavy (non-hydrogen) atoms. The Bertz CT molecular complexity index is 1030. The first-order chi connectivity index (χ1) is 17.7. The first-order valence-corrected chi connectivity index (χ1v) is 13.9. The Balaban J connectivity index is 1.28. The summed E-state index contributed by atoms with van der Waals surface area (Å²) in [4.78, 5) is 34.0. The lowest BCUT2D eigenvalue weighted by molar-refractivity contribution is -0.136. The van der Waals surface area contributed by atoms with Crippen molar-refractivity contribution in [2.24, 2.45) is 5.92 Å². The van der Waals surface area contributed by atoms with Crippen LogP contribution in [0.15, 0.2) is 47.6 Å². The number of amides is 2. The Morgan fingerprint density at radius 1 is 0.973 bits per heavy atom. The van der Waals surface area contributed by atoms with E-state index in [1.165, 1.54) is 11.1 Å². The van der Waals surface area contributed by atoms with Gasteiger partial charge >= 0.3 is 0 Å². The summed E-state index contributed by atoms with van der Waals surface area (Å²) in [6, 6.07) is 8.70. The first kappa shape index (κ1) is 27.6. The molecule has 3 heterocycles. The third-order valence-electron chi connectivity index (χ3n) is 8.08. The zero-order valence-corrected chi connectivity index (χ0v) is 23.0. The van der Waals surface area contributed by atoms with E-state index in [4.69, 9.17) is 0 Å². The van der Waals surface area contributed by atoms with E-state index in [1.54, 1.807) is 0 Å². The quantitative estimate of drug-likeness (QED) is 0.585. The fourth-order valence-corrected chi connectivity index (χ4v) is 5.67. The summed E-state index contributed by atoms with van der Waals surface area (Å²) in [5, 5.41) is 10.9. The van der Waals surface area contributed by atoms with Crippen LogP contribution in [0.25, 0.3) is 0 Å². The Morgan fingerprint density at radius 2 is 1.68 bits per heavy atom. The molecule has 0 bridgehead atoms. The maximum Gasteiger partial charge on any atom is 0.253 e. The van der Waals surface area contributed by atoms with Gasteiger partial charge in [-0.25, -0.2) is 0 Å². The van der Waals surface area contributed by atoms with E-state index in [9.17, 15) is 14.7 Å². The van der Waals surface area contributed by atoms with Crippen molar-refractivity contribution < 1.29 is 14.7 Å². The molecular weight excluding hydrogens is 464 g/mol. The van der Waals surface area contributed by atoms with Gasteiger partial charge in [-0.1, -0.05) is 55.8 Å². The molecule has 3 aliphatic heterocycles. The number of piperazine rings is 1. The number of hydrogen-bond acceptors (Lipinski definition) is 5. The van der Waals surface area contributed by atoms with E-state index < -0.39 is 6.10 Å². The highest BCUT2D eigenvalue weighted by Crippen LogP contribution is 2.22. The standard InChI is InChI=1S/C30H44N4O3/c1-22(2)29(36)33-17-15-32(16-18-33)24(4)9-10-28-23(3)11-14-34(30(28)37)21-27(35)20-31-13-12-25-7-5-6-8-26(25)19-31/h5-10,22,24,27,35H,11-21H2,1-4H3/b10-9-/t24?,27-/m1/s1. The summed E-state index contributed by atoms with van der Waals surface area (Å²) in [5.41, 5.74) is 4.60. The third-order valence-corrected chi connectivity index (χ3v) is 8.08. The number of benzene rings is 1. The van der Waals surface area contributed by atoms with Crippen LogP contribution in [-0.4, -0.2) is 101 Å². The van der Waals surface area contributed by atoms with Crippen LogP contribution in [-0.2, 0) is 22.6 Å². The third kappa shape index (κ3) is 6.89. The van der Waals surface area contributed by atoms with Crippen molar-refractivity contribution in [1.82, 2.24) is 19.6 Å². The smallest absolute Gasteiger partial charge is 0.253 e. The number of carbonyl (C=O) groups is 2. The molecule has 1 aromatic carbocycles. The summed E-state index contributed by atoms with van der Waals surface area (Å²) in [5.74, 6) is 0.278. The van der Waals surface area contributed by atoms with Crippen LogP contribution >= 0.6 is 0 Å². The van der Waals surface area contributed by atoms with Gasteiger partial charge in [-0.2, -0.15) is 0 Å². The van der Waals surface area contributed by atoms with E-state index in [1.807, 2.05) is 36.6 Å². The molecule has 0 saturated carbocycles. The van der Waals surface area contributed by atoms with Crippen LogP contribution < -0.4 is 0 Å². The minimum Gasteiger partial charge on any atom is -0.390 e. The molecular formula is C30H44N4O3. The molecule has 202 valence electrons. The molecule has 1 aromatic rings. The Labute approximate surface area is 222 Å². The van der Waals surface area contributed by atoms with Gasteiger partial charge < -0.3 is 14.9 Å². The highest BCUT2D eigenvalue weighted by Gasteiger charge is 2.28. The average Bonchev–Trinajstić information content (AvgIpc) is 2.89. The Hall–Kier alpha value is -2.48. The average molecular weight is 509 g/mol. The highest BCUT2D eigenvalue weighted by atomic mass is 16.3. The van der Waals surface area contributed by atoms with Crippen LogP contribution in [0.5, 0.6) is 0 Å². The lowest BCUT2D eigenvalue weighted by Crippen LogP contribution is -2.51. The lowest BCUT2D eigenvalue weighted by Gasteiger charge is -2.38. The molecule has 7 heteroatoms.